The van der Waals surface area contributed by atoms with E-state index < -0.39 is 0 Å². The van der Waals surface area contributed by atoms with Gasteiger partial charge in [-0.25, -0.2) is 0 Å². The molecule has 0 aliphatic carbocycles. The van der Waals surface area contributed by atoms with E-state index in [9.17, 15) is 4.79 Å². The summed E-state index contributed by atoms with van der Waals surface area (Å²) in [4.78, 5) is 11.1. The normalized spacial score (nSPS) is 10.1. The lowest BCUT2D eigenvalue weighted by atomic mass is 10.2. The van der Waals surface area contributed by atoms with Crippen LogP contribution < -0.4 is 11.1 Å². The number of hydrogen-bond acceptors (Lipinski definition) is 3. The summed E-state index contributed by atoms with van der Waals surface area (Å²) in [6.45, 7) is 1.14. The third-order valence-electron chi connectivity index (χ3n) is 2.05. The number of hydrogen-bond donors (Lipinski definition) is 2. The number of thioether (sulfide) groups is 1. The van der Waals surface area contributed by atoms with Crippen molar-refractivity contribution in [3.8, 4) is 0 Å². The van der Waals surface area contributed by atoms with Gasteiger partial charge in [-0.15, -0.1) is 0 Å². The van der Waals surface area contributed by atoms with Crippen LogP contribution >= 0.6 is 11.8 Å². The average molecular weight is 238 g/mol. The molecule has 16 heavy (non-hydrogen) atoms. The van der Waals surface area contributed by atoms with Gasteiger partial charge in [-0.1, -0.05) is 30.3 Å². The van der Waals surface area contributed by atoms with Gasteiger partial charge in [0.1, 0.15) is 0 Å². The Labute approximate surface area is 101 Å². The van der Waals surface area contributed by atoms with Crippen LogP contribution in [0.25, 0.3) is 0 Å². The Morgan fingerprint density at radius 3 is 2.75 bits per heavy atom. The summed E-state index contributed by atoms with van der Waals surface area (Å²) >= 11 is 1.82. The summed E-state index contributed by atoms with van der Waals surface area (Å²) in [6, 6.07) is 10.3. The lowest BCUT2D eigenvalue weighted by Crippen LogP contribution is -2.27. The molecule has 1 aromatic rings. The Morgan fingerprint density at radius 1 is 1.31 bits per heavy atom. The Bertz CT molecular complexity index is 303. The van der Waals surface area contributed by atoms with Crippen LogP contribution in [0.3, 0.4) is 0 Å². The summed E-state index contributed by atoms with van der Waals surface area (Å²) in [5.74, 6) is 1.97. The second-order valence-corrected chi connectivity index (χ2v) is 4.53. The van der Waals surface area contributed by atoms with Crippen molar-refractivity contribution < 1.29 is 4.79 Å². The second-order valence-electron chi connectivity index (χ2n) is 3.43. The van der Waals surface area contributed by atoms with Gasteiger partial charge < -0.3 is 11.1 Å². The predicted molar refractivity (Wildman–Crippen MR) is 69.3 cm³/mol. The maximum atomic E-state index is 11.1. The number of nitrogens with two attached hydrogens (primary N) is 1. The van der Waals surface area contributed by atoms with E-state index in [1.165, 1.54) is 5.56 Å². The molecule has 0 saturated carbocycles. The molecule has 0 unspecified atom stereocenters. The minimum atomic E-state index is 0.0443. The van der Waals surface area contributed by atoms with Crippen molar-refractivity contribution in [2.75, 3.05) is 18.8 Å². The van der Waals surface area contributed by atoms with E-state index in [0.717, 1.165) is 18.1 Å². The smallest absolute Gasteiger partial charge is 0.221 e. The number of amides is 1. The molecule has 0 heterocycles. The van der Waals surface area contributed by atoms with E-state index in [4.69, 9.17) is 5.73 Å². The van der Waals surface area contributed by atoms with Crippen molar-refractivity contribution in [2.24, 2.45) is 5.73 Å². The molecule has 0 atom stereocenters. The fraction of sp³-hybridized carbons (Fsp3) is 0.417. The zero-order chi connectivity index (χ0) is 11.6. The maximum Gasteiger partial charge on any atom is 0.221 e. The molecule has 88 valence electrons. The SMILES string of the molecule is NCCC(=O)NCCSCc1ccccc1. The van der Waals surface area contributed by atoms with Gasteiger partial charge in [-0.3, -0.25) is 4.79 Å². The summed E-state index contributed by atoms with van der Waals surface area (Å²) in [5, 5.41) is 2.83. The summed E-state index contributed by atoms with van der Waals surface area (Å²) in [7, 11) is 0. The first-order valence-electron chi connectivity index (χ1n) is 5.41. The van der Waals surface area contributed by atoms with Crippen LogP contribution in [0.15, 0.2) is 30.3 Å². The lowest BCUT2D eigenvalue weighted by molar-refractivity contribution is -0.120. The first-order valence-corrected chi connectivity index (χ1v) is 6.57. The number of nitrogens with one attached hydrogen (secondary N) is 1. The van der Waals surface area contributed by atoms with Gasteiger partial charge in [0.25, 0.3) is 0 Å². The molecule has 1 aromatic carbocycles. The molecule has 1 amide bonds. The van der Waals surface area contributed by atoms with Gasteiger partial charge in [0.05, 0.1) is 0 Å². The van der Waals surface area contributed by atoms with E-state index in [2.05, 4.69) is 17.4 Å². The molecule has 0 radical (unpaired) electrons. The van der Waals surface area contributed by atoms with E-state index in [1.807, 2.05) is 30.0 Å². The molecule has 0 fully saturated rings. The van der Waals surface area contributed by atoms with Crippen molar-refractivity contribution in [2.45, 2.75) is 12.2 Å². The molecule has 3 nitrogen and oxygen atoms in total. The first-order chi connectivity index (χ1) is 7.83. The van der Waals surface area contributed by atoms with Gasteiger partial charge in [-0.05, 0) is 5.56 Å². The predicted octanol–water partition coefficient (Wildman–Crippen LogP) is 1.38. The highest BCUT2D eigenvalue weighted by molar-refractivity contribution is 7.98. The average Bonchev–Trinajstić information content (AvgIpc) is 2.30. The third-order valence-corrected chi connectivity index (χ3v) is 3.08. The molecule has 4 heteroatoms. The van der Waals surface area contributed by atoms with Gasteiger partial charge in [-0.2, -0.15) is 11.8 Å². The van der Waals surface area contributed by atoms with Crippen LogP contribution in [0.2, 0.25) is 0 Å². The Kier molecular flexibility index (Phi) is 6.69. The number of carbonyl (C=O) groups is 1. The second kappa shape index (κ2) is 8.19. The minimum absolute atomic E-state index is 0.0443. The summed E-state index contributed by atoms with van der Waals surface area (Å²) in [5.41, 5.74) is 6.59. The fourth-order valence-electron chi connectivity index (χ4n) is 1.25. The standard InChI is InChI=1S/C12H18N2OS/c13-7-6-12(15)14-8-9-16-10-11-4-2-1-3-5-11/h1-5H,6-10,13H2,(H,14,15). The lowest BCUT2D eigenvalue weighted by Gasteiger charge is -2.04. The van der Waals surface area contributed by atoms with E-state index in [1.54, 1.807) is 0 Å². The quantitative estimate of drug-likeness (QED) is 0.706. The molecule has 0 aliphatic heterocycles. The van der Waals surface area contributed by atoms with E-state index in [0.29, 0.717) is 13.0 Å². The van der Waals surface area contributed by atoms with Crippen LogP contribution in [0.1, 0.15) is 12.0 Å². The van der Waals surface area contributed by atoms with Crippen molar-refractivity contribution in [1.82, 2.24) is 5.32 Å². The Morgan fingerprint density at radius 2 is 2.06 bits per heavy atom. The van der Waals surface area contributed by atoms with E-state index in [-0.39, 0.29) is 5.91 Å². The maximum absolute atomic E-state index is 11.1. The largest absolute Gasteiger partial charge is 0.355 e. The summed E-state index contributed by atoms with van der Waals surface area (Å²) < 4.78 is 0. The Balaban J connectivity index is 2.02. The van der Waals surface area contributed by atoms with Crippen LogP contribution in [-0.2, 0) is 10.5 Å². The van der Waals surface area contributed by atoms with Crippen molar-refractivity contribution in [3.05, 3.63) is 35.9 Å². The molecule has 0 saturated heterocycles. The molecule has 0 aliphatic rings. The highest BCUT2D eigenvalue weighted by atomic mass is 32.2. The third kappa shape index (κ3) is 5.78. The van der Waals surface area contributed by atoms with Crippen molar-refractivity contribution >= 4 is 17.7 Å². The molecule has 0 aromatic heterocycles. The molecular formula is C12H18N2OS. The minimum Gasteiger partial charge on any atom is -0.355 e. The molecule has 0 spiro atoms. The number of carbonyl (C=O) groups excluding carboxylic acids is 1. The monoisotopic (exact) mass is 238 g/mol. The van der Waals surface area contributed by atoms with E-state index >= 15 is 0 Å². The zero-order valence-electron chi connectivity index (χ0n) is 9.32. The Hall–Kier alpha value is -1.00. The van der Waals surface area contributed by atoms with Crippen molar-refractivity contribution in [1.29, 1.82) is 0 Å². The summed E-state index contributed by atoms with van der Waals surface area (Å²) in [6.07, 6.45) is 0.420. The first kappa shape index (κ1) is 13.1. The number of rotatable bonds is 7. The highest BCUT2D eigenvalue weighted by Crippen LogP contribution is 2.10. The fourth-order valence-corrected chi connectivity index (χ4v) is 2.07. The van der Waals surface area contributed by atoms with Gasteiger partial charge in [0.2, 0.25) is 5.91 Å². The van der Waals surface area contributed by atoms with Crippen LogP contribution in [0.4, 0.5) is 0 Å². The zero-order valence-corrected chi connectivity index (χ0v) is 10.1. The van der Waals surface area contributed by atoms with Crippen LogP contribution in [0.5, 0.6) is 0 Å². The number of benzene rings is 1. The van der Waals surface area contributed by atoms with Gasteiger partial charge >= 0.3 is 0 Å². The van der Waals surface area contributed by atoms with Gasteiger partial charge in [0.15, 0.2) is 0 Å². The van der Waals surface area contributed by atoms with Crippen molar-refractivity contribution in [3.63, 3.8) is 0 Å². The topological polar surface area (TPSA) is 55.1 Å². The highest BCUT2D eigenvalue weighted by Gasteiger charge is 1.97. The molecule has 1 rings (SSSR count). The van der Waals surface area contributed by atoms with Crippen LogP contribution in [-0.4, -0.2) is 24.7 Å². The molecule has 0 bridgehead atoms. The molecule has 3 N–H and O–H groups in total. The van der Waals surface area contributed by atoms with Crippen LogP contribution in [0, 0.1) is 0 Å². The van der Waals surface area contributed by atoms with Gasteiger partial charge in [0, 0.05) is 31.0 Å². The molecular weight excluding hydrogens is 220 g/mol.